The molecule has 1 aliphatic carbocycles. The van der Waals surface area contributed by atoms with Gasteiger partial charge in [-0.2, -0.15) is 4.68 Å². The van der Waals surface area contributed by atoms with Gasteiger partial charge in [-0.05, 0) is 54.5 Å². The maximum Gasteiger partial charge on any atom is 0.407 e. The summed E-state index contributed by atoms with van der Waals surface area (Å²) >= 11 is 0. The van der Waals surface area contributed by atoms with Crippen LogP contribution in [0.2, 0.25) is 0 Å². The Labute approximate surface area is 157 Å². The molecule has 27 heavy (non-hydrogen) atoms. The van der Waals surface area contributed by atoms with Gasteiger partial charge < -0.3 is 14.8 Å². The zero-order valence-corrected chi connectivity index (χ0v) is 15.5. The number of hydrogen-bond donors (Lipinski definition) is 1. The van der Waals surface area contributed by atoms with Gasteiger partial charge in [0.2, 0.25) is 0 Å². The highest BCUT2D eigenvalue weighted by molar-refractivity contribution is 5.89. The fourth-order valence-corrected chi connectivity index (χ4v) is 3.42. The molecule has 1 aromatic carbocycles. The van der Waals surface area contributed by atoms with Gasteiger partial charge in [-0.25, -0.2) is 9.59 Å². The minimum atomic E-state index is -0.686. The Balaban J connectivity index is 1.94. The molecule has 144 valence electrons. The summed E-state index contributed by atoms with van der Waals surface area (Å²) < 4.78 is 11.4. The molecule has 0 unspecified atom stereocenters. The second-order valence-corrected chi connectivity index (χ2v) is 6.44. The number of aromatic nitrogens is 4. The highest BCUT2D eigenvalue weighted by atomic mass is 16.5. The highest BCUT2D eigenvalue weighted by Gasteiger charge is 2.41. The predicted octanol–water partition coefficient (Wildman–Crippen LogP) is 2.35. The number of amides is 1. The molecule has 1 N–H and O–H groups in total. The van der Waals surface area contributed by atoms with E-state index in [1.165, 1.54) is 7.11 Å². The van der Waals surface area contributed by atoms with Crippen LogP contribution in [0.1, 0.15) is 55.2 Å². The Morgan fingerprint density at radius 2 is 1.89 bits per heavy atom. The molecule has 9 nitrogen and oxygen atoms in total. The summed E-state index contributed by atoms with van der Waals surface area (Å²) in [5.74, 6) is 0.175. The van der Waals surface area contributed by atoms with Crippen molar-refractivity contribution in [3.8, 4) is 5.69 Å². The third-order valence-corrected chi connectivity index (χ3v) is 4.75. The average Bonchev–Trinajstić information content (AvgIpc) is 3.19. The van der Waals surface area contributed by atoms with Crippen molar-refractivity contribution in [1.29, 1.82) is 0 Å². The largest absolute Gasteiger partial charge is 0.462 e. The topological polar surface area (TPSA) is 108 Å². The Kier molecular flexibility index (Phi) is 5.68. The first-order chi connectivity index (χ1) is 13.1. The molecule has 1 heterocycles. The van der Waals surface area contributed by atoms with E-state index < -0.39 is 11.6 Å². The second-order valence-electron chi connectivity index (χ2n) is 6.44. The number of carbonyl (C=O) groups excluding carboxylic acids is 2. The van der Waals surface area contributed by atoms with Gasteiger partial charge in [0.05, 0.1) is 25.0 Å². The zero-order chi connectivity index (χ0) is 19.3. The van der Waals surface area contributed by atoms with Crippen LogP contribution in [0.4, 0.5) is 4.79 Å². The molecule has 1 aromatic heterocycles. The molecule has 1 aliphatic rings. The summed E-state index contributed by atoms with van der Waals surface area (Å²) in [6.45, 7) is 2.08. The number of ether oxygens (including phenoxy) is 2. The number of nitrogens with one attached hydrogen (secondary N) is 1. The molecule has 0 saturated heterocycles. The number of esters is 1. The van der Waals surface area contributed by atoms with Crippen LogP contribution in [-0.2, 0) is 15.0 Å². The van der Waals surface area contributed by atoms with Crippen LogP contribution < -0.4 is 5.32 Å². The summed E-state index contributed by atoms with van der Waals surface area (Å²) in [6, 6.07) is 6.84. The van der Waals surface area contributed by atoms with Crippen molar-refractivity contribution in [2.24, 2.45) is 0 Å². The third kappa shape index (κ3) is 3.91. The van der Waals surface area contributed by atoms with Crippen LogP contribution >= 0.6 is 0 Å². The molecule has 2 aromatic rings. The number of nitrogens with zero attached hydrogens (tertiary/aromatic N) is 4. The van der Waals surface area contributed by atoms with Crippen molar-refractivity contribution >= 4 is 12.1 Å². The predicted molar refractivity (Wildman–Crippen MR) is 95.4 cm³/mol. The fraction of sp³-hybridized carbons (Fsp3) is 0.500. The molecule has 9 heteroatoms. The number of alkyl carbamates (subject to hydrolysis) is 1. The SMILES string of the molecule is CCOC(=O)c1ccc(-n2nnnc2C2(NC(=O)OC)CCCCC2)cc1. The standard InChI is InChI=1S/C18H23N5O4/c1-3-27-15(24)13-7-9-14(10-8-13)23-16(20-21-22-23)18(19-17(25)26-2)11-5-4-6-12-18/h7-10H,3-6,11-12H2,1-2H3,(H,19,25). The quantitative estimate of drug-likeness (QED) is 0.801. The third-order valence-electron chi connectivity index (χ3n) is 4.75. The Morgan fingerprint density at radius 3 is 2.52 bits per heavy atom. The number of methoxy groups -OCH3 is 1. The summed E-state index contributed by atoms with van der Waals surface area (Å²) in [5, 5.41) is 15.1. The number of carbonyl (C=O) groups is 2. The van der Waals surface area contributed by atoms with Gasteiger partial charge in [-0.1, -0.05) is 19.3 Å². The van der Waals surface area contributed by atoms with Crippen molar-refractivity contribution < 1.29 is 19.1 Å². The first kappa shape index (κ1) is 18.8. The van der Waals surface area contributed by atoms with Gasteiger partial charge in [0.25, 0.3) is 0 Å². The van der Waals surface area contributed by atoms with Crippen molar-refractivity contribution in [3.63, 3.8) is 0 Å². The minimum Gasteiger partial charge on any atom is -0.462 e. The Bertz CT molecular complexity index is 796. The number of tetrazole rings is 1. The highest BCUT2D eigenvalue weighted by Crippen LogP contribution is 2.36. The van der Waals surface area contributed by atoms with Crippen molar-refractivity contribution in [2.75, 3.05) is 13.7 Å². The van der Waals surface area contributed by atoms with Gasteiger partial charge in [0.1, 0.15) is 5.54 Å². The molecule has 1 amide bonds. The molecular weight excluding hydrogens is 350 g/mol. The lowest BCUT2D eigenvalue weighted by atomic mass is 9.81. The minimum absolute atomic E-state index is 0.319. The smallest absolute Gasteiger partial charge is 0.407 e. The van der Waals surface area contributed by atoms with E-state index in [-0.39, 0.29) is 5.97 Å². The molecule has 1 fully saturated rings. The monoisotopic (exact) mass is 373 g/mol. The van der Waals surface area contributed by atoms with Crippen molar-refractivity contribution in [2.45, 2.75) is 44.6 Å². The van der Waals surface area contributed by atoms with Gasteiger partial charge in [-0.3, -0.25) is 0 Å². The number of benzene rings is 1. The molecule has 0 aliphatic heterocycles. The van der Waals surface area contributed by atoms with E-state index in [2.05, 4.69) is 20.8 Å². The van der Waals surface area contributed by atoms with Crippen molar-refractivity contribution in [1.82, 2.24) is 25.5 Å². The lowest BCUT2D eigenvalue weighted by Crippen LogP contribution is -2.49. The van der Waals surface area contributed by atoms with Gasteiger partial charge in [0, 0.05) is 0 Å². The summed E-state index contributed by atoms with van der Waals surface area (Å²) in [7, 11) is 1.34. The summed E-state index contributed by atoms with van der Waals surface area (Å²) in [5.41, 5.74) is 0.462. The Hall–Kier alpha value is -2.97. The molecule has 3 rings (SSSR count). The van der Waals surface area contributed by atoms with E-state index in [1.807, 2.05) is 0 Å². The Morgan fingerprint density at radius 1 is 1.19 bits per heavy atom. The normalized spacial score (nSPS) is 15.8. The van der Waals surface area contributed by atoms with E-state index in [0.717, 1.165) is 32.1 Å². The first-order valence-corrected chi connectivity index (χ1v) is 9.02. The fourth-order valence-electron chi connectivity index (χ4n) is 3.42. The van der Waals surface area contributed by atoms with Crippen molar-refractivity contribution in [3.05, 3.63) is 35.7 Å². The van der Waals surface area contributed by atoms with E-state index >= 15 is 0 Å². The van der Waals surface area contributed by atoms with Gasteiger partial charge >= 0.3 is 12.1 Å². The van der Waals surface area contributed by atoms with Crippen LogP contribution in [0, 0.1) is 0 Å². The number of hydrogen-bond acceptors (Lipinski definition) is 7. The maximum atomic E-state index is 11.9. The number of rotatable bonds is 5. The molecule has 0 atom stereocenters. The molecule has 0 spiro atoms. The van der Waals surface area contributed by atoms with E-state index in [0.29, 0.717) is 23.7 Å². The molecule has 0 bridgehead atoms. The van der Waals surface area contributed by atoms with E-state index in [4.69, 9.17) is 9.47 Å². The lowest BCUT2D eigenvalue weighted by molar-refractivity contribution is 0.0526. The molecule has 1 saturated carbocycles. The van der Waals surface area contributed by atoms with E-state index in [1.54, 1.807) is 35.9 Å². The van der Waals surface area contributed by atoms with Gasteiger partial charge in [-0.15, -0.1) is 5.10 Å². The van der Waals surface area contributed by atoms with E-state index in [9.17, 15) is 9.59 Å². The first-order valence-electron chi connectivity index (χ1n) is 9.02. The van der Waals surface area contributed by atoms with Gasteiger partial charge in [0.15, 0.2) is 5.82 Å². The van der Waals surface area contributed by atoms with Crippen LogP contribution in [0.3, 0.4) is 0 Å². The second kappa shape index (κ2) is 8.15. The van der Waals surface area contributed by atoms with Crippen LogP contribution in [0.15, 0.2) is 24.3 Å². The van der Waals surface area contributed by atoms with Crippen LogP contribution in [0.25, 0.3) is 5.69 Å². The lowest BCUT2D eigenvalue weighted by Gasteiger charge is -2.36. The summed E-state index contributed by atoms with van der Waals surface area (Å²) in [6.07, 6.45) is 3.95. The zero-order valence-electron chi connectivity index (χ0n) is 15.5. The maximum absolute atomic E-state index is 11.9. The molecule has 0 radical (unpaired) electrons. The molecular formula is C18H23N5O4. The average molecular weight is 373 g/mol. The summed E-state index contributed by atoms with van der Waals surface area (Å²) in [4.78, 5) is 23.8. The van der Waals surface area contributed by atoms with Crippen LogP contribution in [0.5, 0.6) is 0 Å². The van der Waals surface area contributed by atoms with Crippen LogP contribution in [-0.4, -0.2) is 46.0 Å².